The largest absolute Gasteiger partial charge is 0.353 e. The zero-order valence-electron chi connectivity index (χ0n) is 12.3. The van der Waals surface area contributed by atoms with E-state index in [1.807, 2.05) is 36.4 Å². The number of nitrogens with two attached hydrogens (primary N) is 1. The lowest BCUT2D eigenvalue weighted by atomic mass is 10.2. The summed E-state index contributed by atoms with van der Waals surface area (Å²) in [6.45, 7) is 3.21. The molecule has 3 rings (SSSR count). The van der Waals surface area contributed by atoms with Crippen molar-refractivity contribution < 1.29 is 0 Å². The van der Waals surface area contributed by atoms with Crippen molar-refractivity contribution in [3.05, 3.63) is 36.4 Å². The number of hydrazine groups is 1. The van der Waals surface area contributed by atoms with E-state index in [2.05, 4.69) is 22.2 Å². The highest BCUT2D eigenvalue weighted by atomic mass is 15.3. The summed E-state index contributed by atoms with van der Waals surface area (Å²) in [5.74, 6) is 7.90. The molecule has 1 heterocycles. The van der Waals surface area contributed by atoms with E-state index in [0.717, 1.165) is 24.3 Å². The molecule has 0 atom stereocenters. The van der Waals surface area contributed by atoms with E-state index in [0.29, 0.717) is 17.7 Å². The minimum atomic E-state index is 0.620. The molecule has 5 nitrogen and oxygen atoms in total. The Morgan fingerprint density at radius 3 is 2.62 bits per heavy atom. The van der Waals surface area contributed by atoms with Gasteiger partial charge in [0.05, 0.1) is 0 Å². The third-order valence-corrected chi connectivity index (χ3v) is 3.64. The second kappa shape index (κ2) is 6.10. The van der Waals surface area contributed by atoms with Gasteiger partial charge in [-0.3, -0.25) is 0 Å². The average molecular weight is 283 g/mol. The van der Waals surface area contributed by atoms with E-state index in [1.165, 1.54) is 12.8 Å². The molecule has 0 bridgehead atoms. The van der Waals surface area contributed by atoms with Crippen LogP contribution < -0.4 is 16.2 Å². The first kappa shape index (κ1) is 13.8. The van der Waals surface area contributed by atoms with Gasteiger partial charge in [0, 0.05) is 24.2 Å². The minimum Gasteiger partial charge on any atom is -0.353 e. The summed E-state index contributed by atoms with van der Waals surface area (Å²) in [4.78, 5) is 11.6. The molecule has 0 saturated heterocycles. The highest BCUT2D eigenvalue weighted by Crippen LogP contribution is 2.32. The molecule has 0 spiro atoms. The van der Waals surface area contributed by atoms with Crippen LogP contribution in [0.1, 0.15) is 26.2 Å². The minimum absolute atomic E-state index is 0.620. The van der Waals surface area contributed by atoms with Gasteiger partial charge >= 0.3 is 0 Å². The molecule has 1 saturated carbocycles. The van der Waals surface area contributed by atoms with Gasteiger partial charge in [-0.05, 0) is 19.3 Å². The Bertz CT molecular complexity index is 595. The molecule has 1 fully saturated rings. The van der Waals surface area contributed by atoms with Crippen molar-refractivity contribution in [3.63, 3.8) is 0 Å². The van der Waals surface area contributed by atoms with Crippen molar-refractivity contribution >= 4 is 11.6 Å². The van der Waals surface area contributed by atoms with Gasteiger partial charge < -0.3 is 10.3 Å². The zero-order valence-corrected chi connectivity index (χ0v) is 12.3. The first-order chi connectivity index (χ1) is 10.3. The summed E-state index contributed by atoms with van der Waals surface area (Å²) in [6, 6.07) is 12.6. The molecule has 3 N–H and O–H groups in total. The SMILES string of the molecule is CCCN(c1cc(NN)nc(-c2ccccc2)n1)C1CC1. The van der Waals surface area contributed by atoms with Crippen LogP contribution in [0.5, 0.6) is 0 Å². The number of hydrogen-bond acceptors (Lipinski definition) is 5. The summed E-state index contributed by atoms with van der Waals surface area (Å²) in [6.07, 6.45) is 3.60. The average Bonchev–Trinajstić information content (AvgIpc) is 3.37. The number of hydrogen-bond donors (Lipinski definition) is 2. The Morgan fingerprint density at radius 2 is 2.00 bits per heavy atom. The molecular formula is C16H21N5. The van der Waals surface area contributed by atoms with E-state index in [1.54, 1.807) is 0 Å². The van der Waals surface area contributed by atoms with Crippen LogP contribution in [0.2, 0.25) is 0 Å². The Labute approximate surface area is 125 Å². The van der Waals surface area contributed by atoms with Crippen LogP contribution in [-0.2, 0) is 0 Å². The fraction of sp³-hybridized carbons (Fsp3) is 0.375. The standard InChI is InChI=1S/C16H21N5/c1-2-10-21(13-8-9-13)15-11-14(20-17)18-16(19-15)12-6-4-3-5-7-12/h3-7,11,13H,2,8-10,17H2,1H3,(H,18,19,20). The third-order valence-electron chi connectivity index (χ3n) is 3.64. The highest BCUT2D eigenvalue weighted by Gasteiger charge is 2.30. The quantitative estimate of drug-likeness (QED) is 0.630. The van der Waals surface area contributed by atoms with Gasteiger partial charge in [-0.15, -0.1) is 0 Å². The molecule has 0 radical (unpaired) electrons. The van der Waals surface area contributed by atoms with Gasteiger partial charge in [0.25, 0.3) is 0 Å². The topological polar surface area (TPSA) is 67.1 Å². The summed E-state index contributed by atoms with van der Waals surface area (Å²) >= 11 is 0. The predicted octanol–water partition coefficient (Wildman–Crippen LogP) is 2.81. The number of nitrogen functional groups attached to an aromatic ring is 1. The molecule has 1 aliphatic rings. The van der Waals surface area contributed by atoms with E-state index < -0.39 is 0 Å². The van der Waals surface area contributed by atoms with Crippen molar-refractivity contribution in [1.29, 1.82) is 0 Å². The van der Waals surface area contributed by atoms with E-state index >= 15 is 0 Å². The molecule has 1 aromatic carbocycles. The van der Waals surface area contributed by atoms with Gasteiger partial charge in [0.1, 0.15) is 11.6 Å². The Hall–Kier alpha value is -2.14. The van der Waals surface area contributed by atoms with Crippen molar-refractivity contribution in [2.75, 3.05) is 16.9 Å². The molecule has 21 heavy (non-hydrogen) atoms. The van der Waals surface area contributed by atoms with Crippen LogP contribution in [0.15, 0.2) is 36.4 Å². The van der Waals surface area contributed by atoms with E-state index in [4.69, 9.17) is 10.8 Å². The zero-order chi connectivity index (χ0) is 14.7. The fourth-order valence-electron chi connectivity index (χ4n) is 2.48. The second-order valence-corrected chi connectivity index (χ2v) is 5.37. The predicted molar refractivity (Wildman–Crippen MR) is 85.9 cm³/mol. The summed E-state index contributed by atoms with van der Waals surface area (Å²) in [5, 5.41) is 0. The molecule has 0 aliphatic heterocycles. The highest BCUT2D eigenvalue weighted by molar-refractivity contribution is 5.62. The number of aromatic nitrogens is 2. The maximum atomic E-state index is 5.57. The van der Waals surface area contributed by atoms with Crippen LogP contribution in [0.3, 0.4) is 0 Å². The van der Waals surface area contributed by atoms with Crippen molar-refractivity contribution in [3.8, 4) is 11.4 Å². The Balaban J connectivity index is 2.00. The van der Waals surface area contributed by atoms with Gasteiger partial charge in [0.15, 0.2) is 5.82 Å². The number of benzene rings is 1. The van der Waals surface area contributed by atoms with E-state index in [-0.39, 0.29) is 0 Å². The first-order valence-electron chi connectivity index (χ1n) is 7.49. The normalized spacial score (nSPS) is 14.0. The maximum absolute atomic E-state index is 5.57. The van der Waals surface area contributed by atoms with Gasteiger partial charge in [-0.25, -0.2) is 15.8 Å². The van der Waals surface area contributed by atoms with Crippen LogP contribution in [-0.4, -0.2) is 22.6 Å². The molecule has 0 amide bonds. The second-order valence-electron chi connectivity index (χ2n) is 5.37. The molecule has 5 heteroatoms. The third kappa shape index (κ3) is 3.13. The van der Waals surface area contributed by atoms with Gasteiger partial charge in [-0.1, -0.05) is 37.3 Å². The molecule has 110 valence electrons. The molecular weight excluding hydrogens is 262 g/mol. The van der Waals surface area contributed by atoms with Crippen molar-refractivity contribution in [1.82, 2.24) is 9.97 Å². The number of nitrogens with zero attached hydrogens (tertiary/aromatic N) is 3. The fourth-order valence-corrected chi connectivity index (χ4v) is 2.48. The van der Waals surface area contributed by atoms with Gasteiger partial charge in [0.2, 0.25) is 0 Å². The van der Waals surface area contributed by atoms with Crippen LogP contribution >= 0.6 is 0 Å². The summed E-state index contributed by atoms with van der Waals surface area (Å²) in [7, 11) is 0. The smallest absolute Gasteiger partial charge is 0.163 e. The lowest BCUT2D eigenvalue weighted by molar-refractivity contribution is 0.749. The van der Waals surface area contributed by atoms with Gasteiger partial charge in [-0.2, -0.15) is 0 Å². The summed E-state index contributed by atoms with van der Waals surface area (Å²) < 4.78 is 0. The van der Waals surface area contributed by atoms with Crippen molar-refractivity contribution in [2.24, 2.45) is 5.84 Å². The Kier molecular flexibility index (Phi) is 4.01. The van der Waals surface area contributed by atoms with E-state index in [9.17, 15) is 0 Å². The monoisotopic (exact) mass is 283 g/mol. The lowest BCUT2D eigenvalue weighted by Crippen LogP contribution is -2.28. The number of nitrogens with one attached hydrogen (secondary N) is 1. The molecule has 0 unspecified atom stereocenters. The molecule has 1 aromatic heterocycles. The van der Waals surface area contributed by atoms with Crippen LogP contribution in [0.4, 0.5) is 11.6 Å². The lowest BCUT2D eigenvalue weighted by Gasteiger charge is -2.23. The summed E-state index contributed by atoms with van der Waals surface area (Å²) in [5.41, 5.74) is 3.66. The van der Waals surface area contributed by atoms with Crippen LogP contribution in [0.25, 0.3) is 11.4 Å². The molecule has 2 aromatic rings. The number of rotatable bonds is 6. The number of anilines is 2. The van der Waals surface area contributed by atoms with Crippen molar-refractivity contribution in [2.45, 2.75) is 32.2 Å². The Morgan fingerprint density at radius 1 is 1.24 bits per heavy atom. The first-order valence-corrected chi connectivity index (χ1v) is 7.49. The van der Waals surface area contributed by atoms with Crippen LogP contribution in [0, 0.1) is 0 Å². The maximum Gasteiger partial charge on any atom is 0.163 e. The molecule has 1 aliphatic carbocycles.